The van der Waals surface area contributed by atoms with E-state index in [1.165, 1.54) is 12.2 Å². The Kier molecular flexibility index (Phi) is 4.07. The first kappa shape index (κ1) is 12.9. The quantitative estimate of drug-likeness (QED) is 0.885. The van der Waals surface area contributed by atoms with E-state index in [1.807, 2.05) is 30.1 Å². The van der Waals surface area contributed by atoms with E-state index in [9.17, 15) is 0 Å². The number of hydrogen-bond donors (Lipinski definition) is 1. The number of likely N-dealkylation sites (N-methyl/N-ethyl adjacent to an activating group) is 1. The molecule has 2 rings (SSSR count). The minimum absolute atomic E-state index is 0.141. The minimum atomic E-state index is 0.141. The van der Waals surface area contributed by atoms with Crippen LogP contribution in [-0.2, 0) is 6.54 Å². The molecule has 1 fully saturated rings. The Hall–Kier alpha value is -0.580. The van der Waals surface area contributed by atoms with Crippen LogP contribution < -0.4 is 5.73 Å². The van der Waals surface area contributed by atoms with Crippen LogP contribution in [-0.4, -0.2) is 40.0 Å². The zero-order valence-electron chi connectivity index (χ0n) is 10.6. The van der Waals surface area contributed by atoms with Crippen molar-refractivity contribution < 1.29 is 0 Å². The van der Waals surface area contributed by atoms with Crippen molar-refractivity contribution in [3.05, 3.63) is 30.1 Å². The number of thioether (sulfide) groups is 1. The van der Waals surface area contributed by atoms with Gasteiger partial charge in [0.1, 0.15) is 0 Å². The van der Waals surface area contributed by atoms with Gasteiger partial charge in [0, 0.05) is 30.1 Å². The van der Waals surface area contributed by atoms with Crippen molar-refractivity contribution in [3.63, 3.8) is 0 Å². The topological polar surface area (TPSA) is 42.1 Å². The van der Waals surface area contributed by atoms with Crippen LogP contribution in [0.4, 0.5) is 0 Å². The van der Waals surface area contributed by atoms with Crippen molar-refractivity contribution in [1.82, 2.24) is 9.88 Å². The lowest BCUT2D eigenvalue weighted by atomic mass is 9.91. The lowest BCUT2D eigenvalue weighted by Gasteiger charge is -2.40. The van der Waals surface area contributed by atoms with E-state index in [-0.39, 0.29) is 5.54 Å². The summed E-state index contributed by atoms with van der Waals surface area (Å²) >= 11 is 2.03. The summed E-state index contributed by atoms with van der Waals surface area (Å²) in [7, 11) is 2.17. The molecule has 0 radical (unpaired) electrons. The normalized spacial score (nSPS) is 28.8. The zero-order chi connectivity index (χ0) is 12.3. The fourth-order valence-corrected chi connectivity index (χ4v) is 4.12. The van der Waals surface area contributed by atoms with E-state index in [0.717, 1.165) is 18.8 Å². The standard InChI is InChI=1S/C13H21N3S/c1-11-13(10-14,6-8-17-11)16(2)9-12-5-3-4-7-15-12/h3-5,7,11H,6,8-10,14H2,1-2H3. The Morgan fingerprint density at radius 1 is 1.59 bits per heavy atom. The SMILES string of the molecule is CC1SCCC1(CN)N(C)Cc1ccccn1. The summed E-state index contributed by atoms with van der Waals surface area (Å²) in [5.74, 6) is 1.21. The van der Waals surface area contributed by atoms with Gasteiger partial charge in [-0.1, -0.05) is 13.0 Å². The first-order chi connectivity index (χ1) is 8.19. The third-order valence-corrected chi connectivity index (χ3v) is 5.28. The van der Waals surface area contributed by atoms with E-state index < -0.39 is 0 Å². The van der Waals surface area contributed by atoms with Gasteiger partial charge in [-0.25, -0.2) is 0 Å². The van der Waals surface area contributed by atoms with Crippen LogP contribution in [0.25, 0.3) is 0 Å². The van der Waals surface area contributed by atoms with Gasteiger partial charge in [0.25, 0.3) is 0 Å². The van der Waals surface area contributed by atoms with E-state index in [2.05, 4.69) is 29.9 Å². The van der Waals surface area contributed by atoms with Gasteiger partial charge < -0.3 is 5.73 Å². The molecule has 2 N–H and O–H groups in total. The van der Waals surface area contributed by atoms with E-state index in [4.69, 9.17) is 5.73 Å². The number of nitrogens with two attached hydrogens (primary N) is 1. The van der Waals surface area contributed by atoms with Crippen LogP contribution in [0.3, 0.4) is 0 Å². The van der Waals surface area contributed by atoms with Crippen LogP contribution in [0.1, 0.15) is 19.0 Å². The van der Waals surface area contributed by atoms with Crippen LogP contribution in [0.5, 0.6) is 0 Å². The molecule has 1 aromatic rings. The van der Waals surface area contributed by atoms with Crippen molar-refractivity contribution in [1.29, 1.82) is 0 Å². The highest BCUT2D eigenvalue weighted by molar-refractivity contribution is 8.00. The molecule has 0 saturated carbocycles. The largest absolute Gasteiger partial charge is 0.329 e. The molecule has 0 bridgehead atoms. The molecular formula is C13H21N3S. The van der Waals surface area contributed by atoms with Crippen molar-refractivity contribution in [2.24, 2.45) is 5.73 Å². The van der Waals surface area contributed by atoms with E-state index in [0.29, 0.717) is 5.25 Å². The summed E-state index contributed by atoms with van der Waals surface area (Å²) < 4.78 is 0. The summed E-state index contributed by atoms with van der Waals surface area (Å²) in [4.78, 5) is 6.78. The molecule has 94 valence electrons. The molecule has 17 heavy (non-hydrogen) atoms. The van der Waals surface area contributed by atoms with Crippen LogP contribution in [0.2, 0.25) is 0 Å². The van der Waals surface area contributed by atoms with E-state index >= 15 is 0 Å². The molecule has 1 saturated heterocycles. The van der Waals surface area contributed by atoms with E-state index in [1.54, 1.807) is 0 Å². The highest BCUT2D eigenvalue weighted by Gasteiger charge is 2.43. The highest BCUT2D eigenvalue weighted by atomic mass is 32.2. The summed E-state index contributed by atoms with van der Waals surface area (Å²) in [5, 5.41) is 0.598. The zero-order valence-corrected chi connectivity index (χ0v) is 11.4. The number of aromatic nitrogens is 1. The molecule has 2 heterocycles. The van der Waals surface area contributed by atoms with Gasteiger partial charge in [0.2, 0.25) is 0 Å². The lowest BCUT2D eigenvalue weighted by molar-refractivity contribution is 0.120. The second kappa shape index (κ2) is 5.38. The Labute approximate surface area is 108 Å². The number of hydrogen-bond acceptors (Lipinski definition) is 4. The van der Waals surface area contributed by atoms with Crippen LogP contribution in [0.15, 0.2) is 24.4 Å². The van der Waals surface area contributed by atoms with Gasteiger partial charge in [-0.05, 0) is 31.4 Å². The van der Waals surface area contributed by atoms with Crippen molar-refractivity contribution in [2.45, 2.75) is 30.7 Å². The molecular weight excluding hydrogens is 230 g/mol. The van der Waals surface area contributed by atoms with Gasteiger partial charge in [0.05, 0.1) is 5.69 Å². The van der Waals surface area contributed by atoms with Crippen LogP contribution >= 0.6 is 11.8 Å². The monoisotopic (exact) mass is 251 g/mol. The molecule has 2 unspecified atom stereocenters. The maximum Gasteiger partial charge on any atom is 0.0544 e. The summed E-state index contributed by atoms with van der Waals surface area (Å²) in [5.41, 5.74) is 7.30. The Morgan fingerprint density at radius 2 is 2.41 bits per heavy atom. The molecule has 1 aliphatic rings. The van der Waals surface area contributed by atoms with Gasteiger partial charge in [-0.15, -0.1) is 0 Å². The van der Waals surface area contributed by atoms with Crippen LogP contribution in [0, 0.1) is 0 Å². The minimum Gasteiger partial charge on any atom is -0.329 e. The number of nitrogens with zero attached hydrogens (tertiary/aromatic N) is 2. The average molecular weight is 251 g/mol. The Bertz CT molecular complexity index is 357. The molecule has 0 amide bonds. The second-order valence-electron chi connectivity index (χ2n) is 4.75. The fourth-order valence-electron chi connectivity index (χ4n) is 2.59. The molecule has 4 heteroatoms. The summed E-state index contributed by atoms with van der Waals surface area (Å²) in [6.45, 7) is 3.90. The predicted molar refractivity (Wildman–Crippen MR) is 74.0 cm³/mol. The molecule has 1 aliphatic heterocycles. The van der Waals surface area contributed by atoms with Crippen molar-refractivity contribution in [2.75, 3.05) is 19.3 Å². The predicted octanol–water partition coefficient (Wildman–Crippen LogP) is 1.74. The average Bonchev–Trinajstić information content (AvgIpc) is 2.73. The molecule has 0 aromatic carbocycles. The molecule has 1 aromatic heterocycles. The van der Waals surface area contributed by atoms with Crippen molar-refractivity contribution >= 4 is 11.8 Å². The molecule has 0 spiro atoms. The van der Waals surface area contributed by atoms with Gasteiger partial charge in [-0.2, -0.15) is 11.8 Å². The first-order valence-electron chi connectivity index (χ1n) is 6.12. The number of pyridine rings is 1. The Balaban J connectivity index is 2.10. The van der Waals surface area contributed by atoms with Crippen molar-refractivity contribution in [3.8, 4) is 0 Å². The van der Waals surface area contributed by atoms with Gasteiger partial charge in [-0.3, -0.25) is 9.88 Å². The highest BCUT2D eigenvalue weighted by Crippen LogP contribution is 2.39. The third kappa shape index (κ3) is 2.49. The lowest BCUT2D eigenvalue weighted by Crippen LogP contribution is -2.55. The summed E-state index contributed by atoms with van der Waals surface area (Å²) in [6.07, 6.45) is 3.03. The maximum absolute atomic E-state index is 6.04. The Morgan fingerprint density at radius 3 is 2.94 bits per heavy atom. The van der Waals surface area contributed by atoms with Gasteiger partial charge in [0.15, 0.2) is 0 Å². The third-order valence-electron chi connectivity index (χ3n) is 3.90. The maximum atomic E-state index is 6.04. The first-order valence-corrected chi connectivity index (χ1v) is 7.17. The number of rotatable bonds is 4. The summed E-state index contributed by atoms with van der Waals surface area (Å²) in [6, 6.07) is 6.07. The molecule has 3 nitrogen and oxygen atoms in total. The molecule has 2 atom stereocenters. The smallest absolute Gasteiger partial charge is 0.0544 e. The fraction of sp³-hybridized carbons (Fsp3) is 0.615. The molecule has 0 aliphatic carbocycles. The second-order valence-corrected chi connectivity index (χ2v) is 6.20. The van der Waals surface area contributed by atoms with Gasteiger partial charge >= 0.3 is 0 Å².